The van der Waals surface area contributed by atoms with Crippen molar-refractivity contribution in [2.75, 3.05) is 12.4 Å². The number of carbonyl (C=O) groups excluding carboxylic acids is 2. The minimum absolute atomic E-state index is 0.0808. The van der Waals surface area contributed by atoms with Gasteiger partial charge in [-0.3, -0.25) is 14.6 Å². The standard InChI is InChI=1S/C29H23F3N6O2/c1-34-27(39)19-9-7-18(8-10-19)20-4-2-5-21(14-20)28(40)38-26-12-11-23(17-36-26)37-25(29(30,31)32)15-24(33)22-6-3-13-35-16-22/h2-17H,33H2,1H3,(H,34,39)(H,36,38,40). The molecule has 0 saturated heterocycles. The molecule has 0 aliphatic carbocycles. The molecule has 0 aliphatic rings. The number of nitrogens with one attached hydrogen (secondary N) is 2. The van der Waals surface area contributed by atoms with Gasteiger partial charge in [0.25, 0.3) is 11.8 Å². The topological polar surface area (TPSA) is 122 Å². The number of allylic oxidation sites excluding steroid dienone is 1. The monoisotopic (exact) mass is 544 g/mol. The smallest absolute Gasteiger partial charge is 0.398 e. The second-order valence-corrected chi connectivity index (χ2v) is 8.43. The van der Waals surface area contributed by atoms with Gasteiger partial charge in [-0.05, 0) is 65.7 Å². The second kappa shape index (κ2) is 12.0. The third-order valence-corrected chi connectivity index (χ3v) is 5.65. The number of anilines is 1. The highest BCUT2D eigenvalue weighted by Crippen LogP contribution is 2.25. The molecular formula is C29H23F3N6O2. The maximum atomic E-state index is 13.6. The van der Waals surface area contributed by atoms with Crippen molar-refractivity contribution in [1.29, 1.82) is 0 Å². The van der Waals surface area contributed by atoms with Crippen LogP contribution in [0.4, 0.5) is 24.7 Å². The van der Waals surface area contributed by atoms with E-state index < -0.39 is 17.8 Å². The summed E-state index contributed by atoms with van der Waals surface area (Å²) >= 11 is 0. The Morgan fingerprint density at radius 1 is 0.875 bits per heavy atom. The first-order valence-corrected chi connectivity index (χ1v) is 11.9. The van der Waals surface area contributed by atoms with Gasteiger partial charge in [-0.15, -0.1) is 0 Å². The number of rotatable bonds is 7. The SMILES string of the molecule is CNC(=O)c1ccc(-c2cccc(C(=O)Nc3ccc(N=C(C=C(N)c4cccnc4)C(F)(F)F)cn3)c2)cc1. The Bertz CT molecular complexity index is 1570. The van der Waals surface area contributed by atoms with Crippen LogP contribution in [0.1, 0.15) is 26.3 Å². The molecule has 0 aliphatic heterocycles. The zero-order chi connectivity index (χ0) is 28.7. The number of benzene rings is 2. The molecule has 4 rings (SSSR count). The van der Waals surface area contributed by atoms with E-state index in [-0.39, 0.29) is 23.1 Å². The molecule has 8 nitrogen and oxygen atoms in total. The van der Waals surface area contributed by atoms with Gasteiger partial charge >= 0.3 is 6.18 Å². The highest BCUT2D eigenvalue weighted by Gasteiger charge is 2.34. The molecule has 0 unspecified atom stereocenters. The van der Waals surface area contributed by atoms with Crippen LogP contribution in [0.5, 0.6) is 0 Å². The quantitative estimate of drug-likeness (QED) is 0.269. The summed E-state index contributed by atoms with van der Waals surface area (Å²) in [7, 11) is 1.55. The Labute approximate surface area is 227 Å². The summed E-state index contributed by atoms with van der Waals surface area (Å²) in [5, 5.41) is 5.18. The zero-order valence-corrected chi connectivity index (χ0v) is 21.1. The maximum absolute atomic E-state index is 13.6. The zero-order valence-electron chi connectivity index (χ0n) is 21.1. The number of halogens is 3. The average molecular weight is 545 g/mol. The van der Waals surface area contributed by atoms with Gasteiger partial charge < -0.3 is 16.4 Å². The molecule has 4 N–H and O–H groups in total. The Hall–Kier alpha value is -5.32. The number of aliphatic imine (C=N–C) groups is 1. The number of hydrogen-bond acceptors (Lipinski definition) is 6. The first-order valence-electron chi connectivity index (χ1n) is 11.9. The van der Waals surface area contributed by atoms with Crippen LogP contribution in [-0.4, -0.2) is 40.7 Å². The first-order chi connectivity index (χ1) is 19.1. The molecule has 2 aromatic heterocycles. The summed E-state index contributed by atoms with van der Waals surface area (Å²) in [6.07, 6.45) is -0.108. The molecule has 2 heterocycles. The van der Waals surface area contributed by atoms with Gasteiger partial charge in [0.15, 0.2) is 0 Å². The lowest BCUT2D eigenvalue weighted by Crippen LogP contribution is -2.22. The molecular weight excluding hydrogens is 521 g/mol. The van der Waals surface area contributed by atoms with Crippen LogP contribution in [-0.2, 0) is 0 Å². The lowest BCUT2D eigenvalue weighted by molar-refractivity contribution is -0.0576. The summed E-state index contributed by atoms with van der Waals surface area (Å²) in [5.74, 6) is -0.539. The molecule has 2 aromatic carbocycles. The van der Waals surface area contributed by atoms with Crippen molar-refractivity contribution in [2.45, 2.75) is 6.18 Å². The Kier molecular flexibility index (Phi) is 8.33. The van der Waals surface area contributed by atoms with Crippen LogP contribution in [0.3, 0.4) is 0 Å². The molecule has 11 heteroatoms. The Morgan fingerprint density at radius 3 is 2.25 bits per heavy atom. The number of aromatic nitrogens is 2. The van der Waals surface area contributed by atoms with E-state index in [4.69, 9.17) is 5.73 Å². The molecule has 4 aromatic rings. The Morgan fingerprint density at radius 2 is 1.62 bits per heavy atom. The van der Waals surface area contributed by atoms with E-state index in [0.29, 0.717) is 16.7 Å². The van der Waals surface area contributed by atoms with E-state index in [1.807, 2.05) is 6.07 Å². The average Bonchev–Trinajstić information content (AvgIpc) is 2.97. The van der Waals surface area contributed by atoms with Crippen LogP contribution in [0.25, 0.3) is 16.8 Å². The number of alkyl halides is 3. The number of carbonyl (C=O) groups is 2. The highest BCUT2D eigenvalue weighted by molar-refractivity contribution is 6.06. The van der Waals surface area contributed by atoms with Crippen molar-refractivity contribution in [1.82, 2.24) is 15.3 Å². The molecule has 0 spiro atoms. The van der Waals surface area contributed by atoms with Gasteiger partial charge in [0, 0.05) is 41.8 Å². The molecule has 0 fully saturated rings. The number of nitrogens with zero attached hydrogens (tertiary/aromatic N) is 3. The number of hydrogen-bond donors (Lipinski definition) is 3. The second-order valence-electron chi connectivity index (χ2n) is 8.43. The number of nitrogens with two attached hydrogens (primary N) is 1. The van der Waals surface area contributed by atoms with E-state index in [2.05, 4.69) is 25.6 Å². The van der Waals surface area contributed by atoms with Crippen molar-refractivity contribution in [3.63, 3.8) is 0 Å². The molecule has 2 amide bonds. The van der Waals surface area contributed by atoms with Crippen molar-refractivity contribution in [2.24, 2.45) is 10.7 Å². The lowest BCUT2D eigenvalue weighted by Gasteiger charge is -2.09. The van der Waals surface area contributed by atoms with Crippen molar-refractivity contribution < 1.29 is 22.8 Å². The van der Waals surface area contributed by atoms with E-state index in [1.54, 1.807) is 55.6 Å². The summed E-state index contributed by atoms with van der Waals surface area (Å²) < 4.78 is 40.8. The summed E-state index contributed by atoms with van der Waals surface area (Å²) in [6, 6.07) is 19.5. The molecule has 0 bridgehead atoms. The van der Waals surface area contributed by atoms with Gasteiger partial charge in [0.05, 0.1) is 11.9 Å². The van der Waals surface area contributed by atoms with E-state index in [0.717, 1.165) is 23.4 Å². The fraction of sp³-hybridized carbons (Fsp3) is 0.0690. The fourth-order valence-corrected chi connectivity index (χ4v) is 3.59. The highest BCUT2D eigenvalue weighted by atomic mass is 19.4. The fourth-order valence-electron chi connectivity index (χ4n) is 3.59. The van der Waals surface area contributed by atoms with Gasteiger partial charge in [0.1, 0.15) is 11.5 Å². The molecule has 40 heavy (non-hydrogen) atoms. The molecule has 0 saturated carbocycles. The van der Waals surface area contributed by atoms with E-state index in [1.165, 1.54) is 30.6 Å². The number of amides is 2. The van der Waals surface area contributed by atoms with E-state index in [9.17, 15) is 22.8 Å². The number of pyridine rings is 2. The first kappa shape index (κ1) is 27.7. The van der Waals surface area contributed by atoms with Crippen LogP contribution in [0.2, 0.25) is 0 Å². The largest absolute Gasteiger partial charge is 0.433 e. The maximum Gasteiger partial charge on any atom is 0.433 e. The molecule has 202 valence electrons. The van der Waals surface area contributed by atoms with Crippen LogP contribution < -0.4 is 16.4 Å². The summed E-state index contributed by atoms with van der Waals surface area (Å²) in [4.78, 5) is 36.1. The van der Waals surface area contributed by atoms with E-state index >= 15 is 0 Å². The normalized spacial score (nSPS) is 12.1. The molecule has 0 radical (unpaired) electrons. The minimum atomic E-state index is -4.77. The Balaban J connectivity index is 1.49. The summed E-state index contributed by atoms with van der Waals surface area (Å²) in [5.41, 5.74) is 7.10. The van der Waals surface area contributed by atoms with Crippen LogP contribution in [0, 0.1) is 0 Å². The predicted octanol–water partition coefficient (Wildman–Crippen LogP) is 5.39. The van der Waals surface area contributed by atoms with Crippen molar-refractivity contribution in [3.8, 4) is 11.1 Å². The van der Waals surface area contributed by atoms with Gasteiger partial charge in [-0.25, -0.2) is 9.98 Å². The lowest BCUT2D eigenvalue weighted by atomic mass is 10.0. The molecule has 0 atom stereocenters. The van der Waals surface area contributed by atoms with Gasteiger partial charge in [0.2, 0.25) is 0 Å². The van der Waals surface area contributed by atoms with Crippen LogP contribution in [0.15, 0.2) is 102 Å². The third-order valence-electron chi connectivity index (χ3n) is 5.65. The third kappa shape index (κ3) is 6.95. The van der Waals surface area contributed by atoms with Crippen molar-refractivity contribution in [3.05, 3.63) is 114 Å². The van der Waals surface area contributed by atoms with Gasteiger partial charge in [-0.2, -0.15) is 13.2 Å². The van der Waals surface area contributed by atoms with Crippen LogP contribution >= 0.6 is 0 Å². The predicted molar refractivity (Wildman–Crippen MR) is 147 cm³/mol. The van der Waals surface area contributed by atoms with Gasteiger partial charge in [-0.1, -0.05) is 24.3 Å². The summed E-state index contributed by atoms with van der Waals surface area (Å²) in [6.45, 7) is 0. The van der Waals surface area contributed by atoms with Crippen molar-refractivity contribution >= 4 is 34.7 Å². The minimum Gasteiger partial charge on any atom is -0.398 e.